The number of ether oxygens (including phenoxy) is 1. The Bertz CT molecular complexity index is 1680. The van der Waals surface area contributed by atoms with Crippen molar-refractivity contribution in [3.8, 4) is 16.9 Å². The van der Waals surface area contributed by atoms with Gasteiger partial charge >= 0.3 is 5.69 Å². The first kappa shape index (κ1) is 35.9. The minimum atomic E-state index is -0.567. The predicted molar refractivity (Wildman–Crippen MR) is 181 cm³/mol. The van der Waals surface area contributed by atoms with Crippen LogP contribution in [0.4, 0.5) is 8.78 Å². The SMILES string of the molecule is CN=C(N)N.CNC(CF)CCCc1cc(Cl)c(F)c(-c2cc3cn(-c4ccc(COCCCN=C(N)N)cc4)c(=O)nc3[nH]2)c1. The Morgan fingerprint density at radius 2 is 1.83 bits per heavy atom. The number of nitrogens with one attached hydrogen (secondary N) is 2. The van der Waals surface area contributed by atoms with Crippen LogP contribution in [0.3, 0.4) is 0 Å². The van der Waals surface area contributed by atoms with E-state index < -0.39 is 18.2 Å². The summed E-state index contributed by atoms with van der Waals surface area (Å²) in [5.41, 5.74) is 23.3. The second kappa shape index (κ2) is 17.8. The van der Waals surface area contributed by atoms with Gasteiger partial charge in [0.2, 0.25) is 0 Å². The molecular formula is C31H41ClF2N10O2. The van der Waals surface area contributed by atoms with Crippen molar-refractivity contribution in [3.63, 3.8) is 0 Å². The number of nitrogens with zero attached hydrogens (tertiary/aromatic N) is 4. The molecule has 2 aromatic heterocycles. The Hall–Kier alpha value is -4.53. The summed E-state index contributed by atoms with van der Waals surface area (Å²) in [6, 6.07) is 12.2. The first-order chi connectivity index (χ1) is 22.1. The van der Waals surface area contributed by atoms with E-state index in [2.05, 4.69) is 25.3 Å². The van der Waals surface area contributed by atoms with E-state index in [9.17, 15) is 9.18 Å². The normalized spacial score (nSPS) is 11.5. The van der Waals surface area contributed by atoms with Crippen LogP contribution >= 0.6 is 11.6 Å². The zero-order valence-electron chi connectivity index (χ0n) is 25.9. The monoisotopic (exact) mass is 658 g/mol. The van der Waals surface area contributed by atoms with Crippen molar-refractivity contribution < 1.29 is 13.5 Å². The molecule has 1 atom stereocenters. The quantitative estimate of drug-likeness (QED) is 0.0674. The van der Waals surface area contributed by atoms with E-state index in [1.807, 2.05) is 24.3 Å². The Labute approximate surface area is 270 Å². The highest BCUT2D eigenvalue weighted by Crippen LogP contribution is 2.31. The molecule has 0 saturated carbocycles. The number of fused-ring (bicyclic) bond motifs is 1. The van der Waals surface area contributed by atoms with E-state index in [4.69, 9.17) is 39.3 Å². The molecule has 12 nitrogen and oxygen atoms in total. The molecule has 0 spiro atoms. The number of aryl methyl sites for hydroxylation is 1. The van der Waals surface area contributed by atoms with Gasteiger partial charge in [-0.1, -0.05) is 23.7 Å². The highest BCUT2D eigenvalue weighted by Gasteiger charge is 2.16. The maximum absolute atomic E-state index is 15.1. The lowest BCUT2D eigenvalue weighted by molar-refractivity contribution is 0.120. The van der Waals surface area contributed by atoms with Gasteiger partial charge in [0.1, 0.15) is 12.3 Å². The second-order valence-corrected chi connectivity index (χ2v) is 10.8. The van der Waals surface area contributed by atoms with Gasteiger partial charge in [0, 0.05) is 43.4 Å². The average Bonchev–Trinajstić information content (AvgIpc) is 3.45. The summed E-state index contributed by atoms with van der Waals surface area (Å²) >= 11 is 6.22. The molecule has 4 rings (SSSR count). The first-order valence-corrected chi connectivity index (χ1v) is 15.0. The smallest absolute Gasteiger partial charge is 0.354 e. The van der Waals surface area contributed by atoms with Crippen LogP contribution in [0.5, 0.6) is 0 Å². The summed E-state index contributed by atoms with van der Waals surface area (Å²) in [6.07, 6.45) is 4.35. The first-order valence-electron chi connectivity index (χ1n) is 14.6. The lowest BCUT2D eigenvalue weighted by atomic mass is 10.0. The Morgan fingerprint density at radius 3 is 2.46 bits per heavy atom. The molecule has 0 aliphatic heterocycles. The summed E-state index contributed by atoms with van der Waals surface area (Å²) in [4.78, 5) is 27.3. The van der Waals surface area contributed by atoms with Crippen LogP contribution < -0.4 is 33.9 Å². The summed E-state index contributed by atoms with van der Waals surface area (Å²) in [5, 5.41) is 3.57. The molecule has 2 heterocycles. The van der Waals surface area contributed by atoms with Crippen molar-refractivity contribution in [2.45, 2.75) is 38.3 Å². The highest BCUT2D eigenvalue weighted by molar-refractivity contribution is 6.31. The molecule has 0 aliphatic carbocycles. The summed E-state index contributed by atoms with van der Waals surface area (Å²) in [5.74, 6) is -0.376. The van der Waals surface area contributed by atoms with Gasteiger partial charge in [-0.25, -0.2) is 13.6 Å². The molecule has 46 heavy (non-hydrogen) atoms. The third-order valence-electron chi connectivity index (χ3n) is 6.98. The number of guanidine groups is 2. The van der Waals surface area contributed by atoms with Crippen LogP contribution in [0.25, 0.3) is 28.0 Å². The molecular weight excluding hydrogens is 618 g/mol. The maximum Gasteiger partial charge on any atom is 0.354 e. The molecule has 2 aromatic carbocycles. The fraction of sp³-hybridized carbons (Fsp3) is 0.355. The summed E-state index contributed by atoms with van der Waals surface area (Å²) < 4.78 is 35.1. The van der Waals surface area contributed by atoms with Crippen LogP contribution in [-0.4, -0.2) is 66.4 Å². The Morgan fingerprint density at radius 1 is 1.11 bits per heavy atom. The maximum atomic E-state index is 15.1. The number of rotatable bonds is 14. The minimum Gasteiger partial charge on any atom is -0.377 e. The minimum absolute atomic E-state index is 0.00261. The Kier molecular flexibility index (Phi) is 13.9. The van der Waals surface area contributed by atoms with Gasteiger partial charge in [0.05, 0.1) is 23.0 Å². The fourth-order valence-corrected chi connectivity index (χ4v) is 4.72. The third kappa shape index (κ3) is 10.5. The summed E-state index contributed by atoms with van der Waals surface area (Å²) in [7, 11) is 3.26. The van der Waals surface area contributed by atoms with Gasteiger partial charge in [-0.2, -0.15) is 4.98 Å². The van der Waals surface area contributed by atoms with Crippen LogP contribution in [0, 0.1) is 5.82 Å². The van der Waals surface area contributed by atoms with Crippen molar-refractivity contribution in [2.75, 3.05) is 33.9 Å². The Balaban J connectivity index is 0.00000107. The zero-order chi connectivity index (χ0) is 33.6. The lowest BCUT2D eigenvalue weighted by Crippen LogP contribution is -2.27. The van der Waals surface area contributed by atoms with Gasteiger partial charge in [0.25, 0.3) is 0 Å². The number of aromatic nitrogens is 3. The molecule has 248 valence electrons. The van der Waals surface area contributed by atoms with E-state index in [1.54, 1.807) is 31.4 Å². The number of H-pyrrole nitrogens is 1. The average molecular weight is 659 g/mol. The number of aliphatic imine (C=N–C) groups is 2. The van der Waals surface area contributed by atoms with E-state index in [1.165, 1.54) is 11.6 Å². The standard InChI is InChI=1S/C29H34ClF2N7O2.C2H7N3/c1-35-21(15-31)5-2-4-19-12-23(26(32)24(30)13-19)25-14-20-16-39(29(40)38-27(20)37-25)22-8-6-18(7-9-22)17-41-11-3-10-36-28(33)34;1-5-2(3)4/h6-9,12-14,16,21,35H,2-5,10-11,15,17H2,1H3,(H4,33,34,36)(H,37,38,40);1H3,(H4,3,4,5). The van der Waals surface area contributed by atoms with Crippen LogP contribution in [0.1, 0.15) is 30.4 Å². The molecule has 0 bridgehead atoms. The molecule has 0 amide bonds. The van der Waals surface area contributed by atoms with E-state index in [-0.39, 0.29) is 28.5 Å². The van der Waals surface area contributed by atoms with E-state index in [0.717, 1.165) is 17.5 Å². The van der Waals surface area contributed by atoms with Gasteiger partial charge < -0.3 is 38.0 Å². The number of alkyl halides is 1. The van der Waals surface area contributed by atoms with Crippen molar-refractivity contribution in [1.29, 1.82) is 0 Å². The van der Waals surface area contributed by atoms with Crippen LogP contribution in [-0.2, 0) is 17.8 Å². The van der Waals surface area contributed by atoms with Gasteiger partial charge in [-0.15, -0.1) is 0 Å². The lowest BCUT2D eigenvalue weighted by Gasteiger charge is -2.12. The van der Waals surface area contributed by atoms with Crippen molar-refractivity contribution in [3.05, 3.63) is 81.1 Å². The van der Waals surface area contributed by atoms with Crippen molar-refractivity contribution in [1.82, 2.24) is 19.9 Å². The van der Waals surface area contributed by atoms with Crippen LogP contribution in [0.15, 0.2) is 63.4 Å². The molecule has 4 aromatic rings. The number of aromatic amines is 1. The fourth-order valence-electron chi connectivity index (χ4n) is 4.48. The molecule has 10 N–H and O–H groups in total. The van der Waals surface area contributed by atoms with Crippen LogP contribution in [0.2, 0.25) is 5.02 Å². The largest absolute Gasteiger partial charge is 0.377 e. The molecule has 0 aliphatic rings. The molecule has 0 radical (unpaired) electrons. The highest BCUT2D eigenvalue weighted by atomic mass is 35.5. The van der Waals surface area contributed by atoms with Gasteiger partial charge in [-0.3, -0.25) is 14.6 Å². The summed E-state index contributed by atoms with van der Waals surface area (Å²) in [6.45, 7) is 0.981. The molecule has 1 unspecified atom stereocenters. The number of hydrogen-bond acceptors (Lipinski definition) is 6. The molecule has 0 fully saturated rings. The molecule has 15 heteroatoms. The second-order valence-electron chi connectivity index (χ2n) is 10.4. The van der Waals surface area contributed by atoms with Crippen molar-refractivity contribution in [2.24, 2.45) is 32.9 Å². The molecule has 0 saturated heterocycles. The zero-order valence-corrected chi connectivity index (χ0v) is 26.7. The predicted octanol–water partition coefficient (Wildman–Crippen LogP) is 3.12. The van der Waals surface area contributed by atoms with Gasteiger partial charge in [-0.05, 0) is 74.2 Å². The number of nitrogens with two attached hydrogens (primary N) is 4. The van der Waals surface area contributed by atoms with Crippen molar-refractivity contribution >= 4 is 34.6 Å². The van der Waals surface area contributed by atoms with E-state index in [0.29, 0.717) is 61.4 Å². The topological polar surface area (TPSA) is 201 Å². The van der Waals surface area contributed by atoms with Gasteiger partial charge in [0.15, 0.2) is 17.7 Å². The number of benzene rings is 2. The number of halogens is 3. The third-order valence-corrected chi connectivity index (χ3v) is 7.26. The number of hydrogen-bond donors (Lipinski definition) is 6. The van der Waals surface area contributed by atoms with E-state index >= 15 is 4.39 Å².